The molecule has 74 valence electrons. The fourth-order valence-electron chi connectivity index (χ4n) is 1.03. The quantitative estimate of drug-likeness (QED) is 0.481. The summed E-state index contributed by atoms with van der Waals surface area (Å²) in [5.74, 6) is 0.0150. The number of benzene rings is 1. The van der Waals surface area contributed by atoms with Crippen molar-refractivity contribution in [1.82, 2.24) is 0 Å². The Morgan fingerprint density at radius 1 is 1.50 bits per heavy atom. The lowest BCUT2D eigenvalue weighted by Gasteiger charge is -2.00. The van der Waals surface area contributed by atoms with Crippen LogP contribution in [0.25, 0.3) is 0 Å². The number of hydrogen-bond acceptors (Lipinski definition) is 2. The van der Waals surface area contributed by atoms with Crippen LogP contribution >= 0.6 is 27.5 Å². The maximum Gasteiger partial charge on any atom is 0.163 e. The number of halogens is 2. The number of ketones is 1. The van der Waals surface area contributed by atoms with Crippen molar-refractivity contribution in [1.29, 1.82) is 0 Å². The molecule has 1 aromatic rings. The summed E-state index contributed by atoms with van der Waals surface area (Å²) in [4.78, 5) is 21.9. The van der Waals surface area contributed by atoms with Crippen LogP contribution in [0, 0.1) is 0 Å². The minimum Gasteiger partial charge on any atom is -0.298 e. The number of hydrogen-bond donors (Lipinski definition) is 0. The van der Waals surface area contributed by atoms with E-state index in [-0.39, 0.29) is 5.78 Å². The van der Waals surface area contributed by atoms with Crippen molar-refractivity contribution >= 4 is 39.6 Å². The van der Waals surface area contributed by atoms with Gasteiger partial charge in [-0.2, -0.15) is 0 Å². The summed E-state index contributed by atoms with van der Waals surface area (Å²) < 4.78 is 0. The van der Waals surface area contributed by atoms with E-state index >= 15 is 0 Å². The van der Waals surface area contributed by atoms with Crippen LogP contribution in [0.2, 0.25) is 5.02 Å². The molecule has 0 aliphatic carbocycles. The fraction of sp³-hybridized carbons (Fsp3) is 0.200. The summed E-state index contributed by atoms with van der Waals surface area (Å²) in [7, 11) is 0. The van der Waals surface area contributed by atoms with Gasteiger partial charge < -0.3 is 0 Å². The minimum atomic E-state index is 0.0150. The summed E-state index contributed by atoms with van der Waals surface area (Å²) in [6.07, 6.45) is 1.10. The first kappa shape index (κ1) is 11.4. The smallest absolute Gasteiger partial charge is 0.163 e. The maximum absolute atomic E-state index is 11.4. The van der Waals surface area contributed by atoms with Crippen molar-refractivity contribution in [3.05, 3.63) is 34.3 Å². The van der Waals surface area contributed by atoms with Crippen molar-refractivity contribution in [2.24, 2.45) is 0 Å². The van der Waals surface area contributed by atoms with Crippen molar-refractivity contribution < 1.29 is 9.59 Å². The van der Waals surface area contributed by atoms with Crippen LogP contribution < -0.4 is 0 Å². The lowest BCUT2D eigenvalue weighted by molar-refractivity contribution is 0.0989. The van der Waals surface area contributed by atoms with Gasteiger partial charge in [-0.05, 0) is 12.1 Å². The zero-order valence-corrected chi connectivity index (χ0v) is 9.64. The minimum absolute atomic E-state index is 0.0150. The molecule has 0 fully saturated rings. The van der Waals surface area contributed by atoms with E-state index in [1.165, 1.54) is 6.07 Å². The molecule has 0 aliphatic rings. The molecule has 0 aromatic heterocycles. The first-order valence-corrected chi connectivity index (χ1v) is 5.53. The molecule has 1 rings (SSSR count). The normalized spacial score (nSPS) is 9.86. The van der Waals surface area contributed by atoms with Gasteiger partial charge in [-0.3, -0.25) is 9.59 Å². The second kappa shape index (κ2) is 5.27. The van der Waals surface area contributed by atoms with Crippen molar-refractivity contribution in [2.45, 2.75) is 6.42 Å². The summed E-state index contributed by atoms with van der Waals surface area (Å²) in [6, 6.07) is 4.69. The highest BCUT2D eigenvalue weighted by atomic mass is 79.9. The van der Waals surface area contributed by atoms with Crippen LogP contribution in [0.15, 0.2) is 18.2 Å². The number of Topliss-reactive ketones (excluding diaryl/α,β-unsaturated/α-hetero) is 1. The molecule has 0 atom stereocenters. The Morgan fingerprint density at radius 2 is 2.21 bits per heavy atom. The monoisotopic (exact) mass is 274 g/mol. The van der Waals surface area contributed by atoms with E-state index in [2.05, 4.69) is 15.9 Å². The molecular weight excluding hydrogens is 267 g/mol. The Hall–Kier alpha value is -0.670. The number of carbonyl (C=O) groups excluding carboxylic acids is 2. The van der Waals surface area contributed by atoms with E-state index in [1.807, 2.05) is 0 Å². The van der Waals surface area contributed by atoms with Crippen LogP contribution in [0.5, 0.6) is 0 Å². The van der Waals surface area contributed by atoms with Gasteiger partial charge in [-0.1, -0.05) is 33.6 Å². The highest BCUT2D eigenvalue weighted by molar-refractivity contribution is 9.09. The third-order valence-electron chi connectivity index (χ3n) is 1.77. The second-order valence-electron chi connectivity index (χ2n) is 2.72. The van der Waals surface area contributed by atoms with E-state index in [1.54, 1.807) is 12.1 Å². The average Bonchev–Trinajstić information content (AvgIpc) is 2.18. The molecule has 14 heavy (non-hydrogen) atoms. The van der Waals surface area contributed by atoms with Gasteiger partial charge in [0.1, 0.15) is 0 Å². The lowest BCUT2D eigenvalue weighted by Crippen LogP contribution is -2.00. The molecule has 0 saturated carbocycles. The molecule has 0 unspecified atom stereocenters. The number of aldehydes is 1. The topological polar surface area (TPSA) is 34.1 Å². The molecule has 2 nitrogen and oxygen atoms in total. The molecule has 0 radical (unpaired) electrons. The first-order chi connectivity index (χ1) is 6.69. The molecule has 0 spiro atoms. The first-order valence-electron chi connectivity index (χ1n) is 4.03. The predicted molar refractivity (Wildman–Crippen MR) is 59.6 cm³/mol. The molecule has 0 N–H and O–H groups in total. The van der Waals surface area contributed by atoms with Gasteiger partial charge in [0.25, 0.3) is 0 Å². The van der Waals surface area contributed by atoms with Crippen molar-refractivity contribution in [2.75, 3.05) is 5.33 Å². The van der Waals surface area contributed by atoms with Gasteiger partial charge in [-0.15, -0.1) is 0 Å². The summed E-state index contributed by atoms with van der Waals surface area (Å²) in [5.41, 5.74) is 0.946. The third-order valence-corrected chi connectivity index (χ3v) is 2.49. The van der Waals surface area contributed by atoms with Crippen LogP contribution in [-0.2, 0) is 0 Å². The van der Waals surface area contributed by atoms with Gasteiger partial charge in [0.15, 0.2) is 12.1 Å². The molecular formula is C10H8BrClO2. The Kier molecular flexibility index (Phi) is 4.29. The number of carbonyl (C=O) groups is 2. The second-order valence-corrected chi connectivity index (χ2v) is 3.92. The average molecular weight is 276 g/mol. The van der Waals surface area contributed by atoms with Crippen molar-refractivity contribution in [3.8, 4) is 0 Å². The van der Waals surface area contributed by atoms with E-state index in [9.17, 15) is 9.59 Å². The summed E-state index contributed by atoms with van der Waals surface area (Å²) >= 11 is 8.96. The molecule has 0 bridgehead atoms. The van der Waals surface area contributed by atoms with Gasteiger partial charge >= 0.3 is 0 Å². The fourth-order valence-corrected chi connectivity index (χ4v) is 1.61. The van der Waals surface area contributed by atoms with E-state index in [0.29, 0.717) is 34.2 Å². The van der Waals surface area contributed by atoms with E-state index in [0.717, 1.165) is 0 Å². The van der Waals surface area contributed by atoms with Gasteiger partial charge in [0.2, 0.25) is 0 Å². The highest BCUT2D eigenvalue weighted by Gasteiger charge is 2.07. The van der Waals surface area contributed by atoms with Crippen LogP contribution in [0.1, 0.15) is 27.1 Å². The largest absolute Gasteiger partial charge is 0.298 e. The van der Waals surface area contributed by atoms with Gasteiger partial charge in [0, 0.05) is 22.9 Å². The van der Waals surface area contributed by atoms with Crippen LogP contribution in [-0.4, -0.2) is 17.4 Å². The molecule has 0 aliphatic heterocycles. The SMILES string of the molecule is O=Cc1ccc(C(=O)CCBr)cc1Cl. The summed E-state index contributed by atoms with van der Waals surface area (Å²) in [6.45, 7) is 0. The lowest BCUT2D eigenvalue weighted by atomic mass is 10.1. The third kappa shape index (κ3) is 2.66. The number of rotatable bonds is 4. The predicted octanol–water partition coefficient (Wildman–Crippen LogP) is 3.12. The van der Waals surface area contributed by atoms with Gasteiger partial charge in [-0.25, -0.2) is 0 Å². The molecule has 0 saturated heterocycles. The zero-order chi connectivity index (χ0) is 10.6. The van der Waals surface area contributed by atoms with Crippen LogP contribution in [0.3, 0.4) is 0 Å². The molecule has 4 heteroatoms. The van der Waals surface area contributed by atoms with Gasteiger partial charge in [0.05, 0.1) is 5.02 Å². The summed E-state index contributed by atoms with van der Waals surface area (Å²) in [5, 5.41) is 0.944. The standard InChI is InChI=1S/C10H8BrClO2/c11-4-3-10(14)7-1-2-8(6-13)9(12)5-7/h1-2,5-6H,3-4H2. The Morgan fingerprint density at radius 3 is 2.71 bits per heavy atom. The van der Waals surface area contributed by atoms with Crippen LogP contribution in [0.4, 0.5) is 0 Å². The Bertz CT molecular complexity index is 363. The molecule has 0 amide bonds. The highest BCUT2D eigenvalue weighted by Crippen LogP contribution is 2.17. The van der Waals surface area contributed by atoms with E-state index in [4.69, 9.17) is 11.6 Å². The zero-order valence-electron chi connectivity index (χ0n) is 7.30. The molecule has 0 heterocycles. The maximum atomic E-state index is 11.4. The van der Waals surface area contributed by atoms with E-state index < -0.39 is 0 Å². The Labute approximate surface area is 95.4 Å². The number of alkyl halides is 1. The Balaban J connectivity index is 2.96. The van der Waals surface area contributed by atoms with Crippen molar-refractivity contribution in [3.63, 3.8) is 0 Å². The molecule has 1 aromatic carbocycles.